The van der Waals surface area contributed by atoms with E-state index in [4.69, 9.17) is 5.41 Å². The Morgan fingerprint density at radius 3 is 2.55 bits per heavy atom. The minimum Gasteiger partial charge on any atom is -0.305 e. The average Bonchev–Trinajstić information content (AvgIpc) is 1.94. The molecule has 1 N–H and O–H groups in total. The fourth-order valence-corrected chi connectivity index (χ4v) is 1.18. The molecule has 60 valence electrons. The summed E-state index contributed by atoms with van der Waals surface area (Å²) in [6.07, 6.45) is 5.09. The molecule has 1 nitrogen and oxygen atoms in total. The molecule has 0 aromatic heterocycles. The van der Waals surface area contributed by atoms with E-state index in [1.807, 2.05) is 6.92 Å². The quantitative estimate of drug-likeness (QED) is 0.592. The van der Waals surface area contributed by atoms with Crippen LogP contribution in [0.1, 0.15) is 27.2 Å². The van der Waals surface area contributed by atoms with Gasteiger partial charge in [-0.05, 0) is 24.0 Å². The molecule has 0 aromatic carbocycles. The van der Waals surface area contributed by atoms with Crippen LogP contribution >= 0.6 is 0 Å². The predicted octanol–water partition coefficient (Wildman–Crippen LogP) is 2.94. The van der Waals surface area contributed by atoms with Crippen LogP contribution in [0.3, 0.4) is 0 Å². The van der Waals surface area contributed by atoms with Crippen LogP contribution < -0.4 is 0 Å². The Morgan fingerprint density at radius 2 is 2.09 bits per heavy atom. The smallest absolute Gasteiger partial charge is 0.0380 e. The molecule has 1 aliphatic carbocycles. The first-order chi connectivity index (χ1) is 5.11. The highest BCUT2D eigenvalue weighted by atomic mass is 14.4. The monoisotopic (exact) mass is 149 g/mol. The number of rotatable bonds is 1. The van der Waals surface area contributed by atoms with Crippen LogP contribution in [-0.4, -0.2) is 5.71 Å². The van der Waals surface area contributed by atoms with Crippen molar-refractivity contribution in [2.45, 2.75) is 27.2 Å². The molecule has 0 aliphatic heterocycles. The minimum atomic E-state index is 0.595. The van der Waals surface area contributed by atoms with Crippen LogP contribution in [0.2, 0.25) is 0 Å². The molecule has 0 amide bonds. The van der Waals surface area contributed by atoms with E-state index in [0.29, 0.717) is 5.92 Å². The summed E-state index contributed by atoms with van der Waals surface area (Å²) in [6.45, 7) is 6.38. The molecule has 0 aromatic rings. The molecule has 0 unspecified atom stereocenters. The van der Waals surface area contributed by atoms with Gasteiger partial charge in [0.2, 0.25) is 0 Å². The molecule has 11 heavy (non-hydrogen) atoms. The van der Waals surface area contributed by atoms with Gasteiger partial charge in [0.05, 0.1) is 0 Å². The summed E-state index contributed by atoms with van der Waals surface area (Å²) in [7, 11) is 0. The Morgan fingerprint density at radius 1 is 1.45 bits per heavy atom. The highest BCUT2D eigenvalue weighted by molar-refractivity contribution is 5.99. The van der Waals surface area contributed by atoms with Gasteiger partial charge >= 0.3 is 0 Å². The minimum absolute atomic E-state index is 0.595. The van der Waals surface area contributed by atoms with E-state index in [0.717, 1.165) is 17.7 Å². The van der Waals surface area contributed by atoms with E-state index in [1.54, 1.807) is 0 Å². The first-order valence-corrected chi connectivity index (χ1v) is 4.07. The van der Waals surface area contributed by atoms with Crippen molar-refractivity contribution in [2.75, 3.05) is 0 Å². The van der Waals surface area contributed by atoms with Gasteiger partial charge in [0.15, 0.2) is 0 Å². The molecule has 0 saturated carbocycles. The lowest BCUT2D eigenvalue weighted by Gasteiger charge is -2.14. The lowest BCUT2D eigenvalue weighted by molar-refractivity contribution is 0.784. The lowest BCUT2D eigenvalue weighted by Crippen LogP contribution is -2.05. The topological polar surface area (TPSA) is 23.9 Å². The molecule has 0 atom stereocenters. The van der Waals surface area contributed by atoms with E-state index in [-0.39, 0.29) is 0 Å². The molecule has 0 bridgehead atoms. The molecule has 0 radical (unpaired) electrons. The van der Waals surface area contributed by atoms with Crippen molar-refractivity contribution in [1.82, 2.24) is 0 Å². The van der Waals surface area contributed by atoms with Crippen LogP contribution in [0, 0.1) is 11.3 Å². The summed E-state index contributed by atoms with van der Waals surface area (Å²) in [5, 5.41) is 7.51. The standard InChI is InChI=1S/C10H15N/c1-7(2)9-4-5-10(11)8(3)6-9/h4,6-7,11H,5H2,1-3H3. The van der Waals surface area contributed by atoms with Gasteiger partial charge in [-0.1, -0.05) is 26.0 Å². The number of hydrogen-bond donors (Lipinski definition) is 1. The second-order valence-corrected chi connectivity index (χ2v) is 3.37. The summed E-state index contributed by atoms with van der Waals surface area (Å²) in [6, 6.07) is 0. The van der Waals surface area contributed by atoms with Crippen molar-refractivity contribution in [2.24, 2.45) is 5.92 Å². The van der Waals surface area contributed by atoms with Crippen LogP contribution in [0.15, 0.2) is 23.3 Å². The van der Waals surface area contributed by atoms with Crippen LogP contribution in [0.25, 0.3) is 0 Å². The lowest BCUT2D eigenvalue weighted by atomic mass is 9.92. The maximum absolute atomic E-state index is 7.51. The van der Waals surface area contributed by atoms with E-state index in [9.17, 15) is 0 Å². The highest BCUT2D eigenvalue weighted by Crippen LogP contribution is 2.19. The molecule has 1 aliphatic rings. The third kappa shape index (κ3) is 1.79. The highest BCUT2D eigenvalue weighted by Gasteiger charge is 2.08. The Bertz CT molecular complexity index is 231. The van der Waals surface area contributed by atoms with Gasteiger partial charge in [0, 0.05) is 12.1 Å². The molecule has 0 heterocycles. The molecule has 1 rings (SSSR count). The molecule has 0 spiro atoms. The SMILES string of the molecule is CC1=CC(C(C)C)=CCC1=N. The van der Waals surface area contributed by atoms with E-state index < -0.39 is 0 Å². The number of nitrogens with one attached hydrogen (secondary N) is 1. The number of hydrogen-bond acceptors (Lipinski definition) is 1. The van der Waals surface area contributed by atoms with Crippen molar-refractivity contribution in [3.63, 3.8) is 0 Å². The zero-order chi connectivity index (χ0) is 8.43. The predicted molar refractivity (Wildman–Crippen MR) is 49.0 cm³/mol. The maximum atomic E-state index is 7.51. The van der Waals surface area contributed by atoms with Crippen LogP contribution in [0.5, 0.6) is 0 Å². The Hall–Kier alpha value is -0.850. The van der Waals surface area contributed by atoms with Gasteiger partial charge in [-0.15, -0.1) is 0 Å². The molecule has 0 saturated heterocycles. The average molecular weight is 149 g/mol. The third-order valence-electron chi connectivity index (χ3n) is 2.07. The fourth-order valence-electron chi connectivity index (χ4n) is 1.18. The van der Waals surface area contributed by atoms with Gasteiger partial charge in [0.25, 0.3) is 0 Å². The van der Waals surface area contributed by atoms with Crippen LogP contribution in [0.4, 0.5) is 0 Å². The van der Waals surface area contributed by atoms with Gasteiger partial charge in [-0.3, -0.25) is 0 Å². The van der Waals surface area contributed by atoms with Crippen molar-refractivity contribution in [3.05, 3.63) is 23.3 Å². The zero-order valence-electron chi connectivity index (χ0n) is 7.44. The zero-order valence-corrected chi connectivity index (χ0v) is 7.44. The van der Waals surface area contributed by atoms with Gasteiger partial charge < -0.3 is 5.41 Å². The van der Waals surface area contributed by atoms with Gasteiger partial charge in [0.1, 0.15) is 0 Å². The normalized spacial score (nSPS) is 18.4. The third-order valence-corrected chi connectivity index (χ3v) is 2.07. The molecule has 0 fully saturated rings. The summed E-state index contributed by atoms with van der Waals surface area (Å²) in [5.74, 6) is 0.595. The fraction of sp³-hybridized carbons (Fsp3) is 0.500. The first kappa shape index (κ1) is 8.25. The maximum Gasteiger partial charge on any atom is 0.0380 e. The molecule has 1 heteroatoms. The van der Waals surface area contributed by atoms with Crippen molar-refractivity contribution < 1.29 is 0 Å². The van der Waals surface area contributed by atoms with Crippen molar-refractivity contribution in [1.29, 1.82) is 5.41 Å². The second-order valence-electron chi connectivity index (χ2n) is 3.37. The van der Waals surface area contributed by atoms with Gasteiger partial charge in [-0.2, -0.15) is 0 Å². The summed E-state index contributed by atoms with van der Waals surface area (Å²) < 4.78 is 0. The summed E-state index contributed by atoms with van der Waals surface area (Å²) in [5.41, 5.74) is 3.25. The Balaban J connectivity index is 2.82. The Labute approximate surface area is 68.3 Å². The van der Waals surface area contributed by atoms with Crippen molar-refractivity contribution >= 4 is 5.71 Å². The van der Waals surface area contributed by atoms with E-state index in [1.165, 1.54) is 5.57 Å². The van der Waals surface area contributed by atoms with Gasteiger partial charge in [-0.25, -0.2) is 0 Å². The molecular formula is C10H15N. The molecular weight excluding hydrogens is 134 g/mol. The van der Waals surface area contributed by atoms with Crippen LogP contribution in [-0.2, 0) is 0 Å². The Kier molecular flexibility index (Phi) is 2.28. The largest absolute Gasteiger partial charge is 0.305 e. The van der Waals surface area contributed by atoms with E-state index in [2.05, 4.69) is 26.0 Å². The van der Waals surface area contributed by atoms with E-state index >= 15 is 0 Å². The first-order valence-electron chi connectivity index (χ1n) is 4.07. The summed E-state index contributed by atoms with van der Waals surface area (Å²) in [4.78, 5) is 0. The number of allylic oxidation sites excluding steroid dienone is 4. The second kappa shape index (κ2) is 3.04. The summed E-state index contributed by atoms with van der Waals surface area (Å²) >= 11 is 0. The van der Waals surface area contributed by atoms with Crippen molar-refractivity contribution in [3.8, 4) is 0 Å².